The van der Waals surface area contributed by atoms with Crippen molar-refractivity contribution >= 4 is 22.6 Å². The molecule has 0 saturated carbocycles. The van der Waals surface area contributed by atoms with E-state index in [4.69, 9.17) is 6.42 Å². The van der Waals surface area contributed by atoms with Crippen molar-refractivity contribution in [3.8, 4) is 12.3 Å². The Labute approximate surface area is 121 Å². The minimum atomic E-state index is -0.667. The fourth-order valence-corrected chi connectivity index (χ4v) is 2.45. The summed E-state index contributed by atoms with van der Waals surface area (Å²) in [6.07, 6.45) is 4.59. The molecular formula is C14H18INO2. The number of halogens is 1. The van der Waals surface area contributed by atoms with Gasteiger partial charge in [0.05, 0.1) is 16.3 Å². The van der Waals surface area contributed by atoms with Gasteiger partial charge in [-0.25, -0.2) is 0 Å². The Balaban J connectivity index is 3.44. The van der Waals surface area contributed by atoms with Crippen LogP contribution in [-0.4, -0.2) is 9.67 Å². The summed E-state index contributed by atoms with van der Waals surface area (Å²) in [4.78, 5) is 12.2. The monoisotopic (exact) mass is 359 g/mol. The molecule has 0 saturated heterocycles. The Morgan fingerprint density at radius 2 is 2.11 bits per heavy atom. The number of hydrogen-bond acceptors (Lipinski definition) is 2. The van der Waals surface area contributed by atoms with E-state index in [0.29, 0.717) is 11.1 Å². The lowest BCUT2D eigenvalue weighted by atomic mass is 9.84. The van der Waals surface area contributed by atoms with E-state index in [1.807, 2.05) is 26.8 Å². The normalized spacial score (nSPS) is 13.2. The molecule has 1 aromatic heterocycles. The van der Waals surface area contributed by atoms with Gasteiger partial charge in [-0.2, -0.15) is 0 Å². The lowest BCUT2D eigenvalue weighted by molar-refractivity contribution is 0.0618. The maximum atomic E-state index is 12.2. The van der Waals surface area contributed by atoms with Crippen LogP contribution in [0.3, 0.4) is 0 Å². The van der Waals surface area contributed by atoms with Crippen molar-refractivity contribution in [3.63, 3.8) is 0 Å². The highest BCUT2D eigenvalue weighted by atomic mass is 127. The third kappa shape index (κ3) is 2.96. The van der Waals surface area contributed by atoms with Gasteiger partial charge in [0.1, 0.15) is 0 Å². The fourth-order valence-electron chi connectivity index (χ4n) is 1.73. The summed E-state index contributed by atoms with van der Waals surface area (Å²) in [5.74, 6) is 2.47. The quantitative estimate of drug-likeness (QED) is 0.501. The number of nitrogens with zero attached hydrogens (tertiary/aromatic N) is 1. The van der Waals surface area contributed by atoms with Gasteiger partial charge < -0.3 is 5.11 Å². The molecule has 0 spiro atoms. The Morgan fingerprint density at radius 1 is 1.56 bits per heavy atom. The van der Waals surface area contributed by atoms with E-state index in [-0.39, 0.29) is 17.5 Å². The Bertz CT molecular complexity index is 547. The first-order valence-corrected chi connectivity index (χ1v) is 6.79. The first kappa shape index (κ1) is 15.3. The van der Waals surface area contributed by atoms with Gasteiger partial charge in [0.25, 0.3) is 5.56 Å². The van der Waals surface area contributed by atoms with Crippen LogP contribution in [0, 0.1) is 28.4 Å². The summed E-state index contributed by atoms with van der Waals surface area (Å²) in [5.41, 5.74) is 0.815. The van der Waals surface area contributed by atoms with E-state index >= 15 is 0 Å². The first-order valence-electron chi connectivity index (χ1n) is 5.71. The van der Waals surface area contributed by atoms with Crippen molar-refractivity contribution in [1.82, 2.24) is 4.57 Å². The SMILES string of the molecule is C#CCn1c(I)cc(C(O)C(C)(C)C)c(C)c1=O. The van der Waals surface area contributed by atoms with E-state index < -0.39 is 6.10 Å². The van der Waals surface area contributed by atoms with Gasteiger partial charge in [-0.1, -0.05) is 26.7 Å². The Kier molecular flexibility index (Phi) is 4.62. The van der Waals surface area contributed by atoms with Crippen LogP contribution in [0.5, 0.6) is 0 Å². The van der Waals surface area contributed by atoms with Crippen molar-refractivity contribution in [1.29, 1.82) is 0 Å². The lowest BCUT2D eigenvalue weighted by Crippen LogP contribution is -2.29. The highest BCUT2D eigenvalue weighted by molar-refractivity contribution is 14.1. The average Bonchev–Trinajstić information content (AvgIpc) is 2.27. The number of pyridine rings is 1. The van der Waals surface area contributed by atoms with Gasteiger partial charge in [0.15, 0.2) is 0 Å². The molecule has 0 radical (unpaired) electrons. The smallest absolute Gasteiger partial charge is 0.255 e. The maximum absolute atomic E-state index is 12.2. The zero-order valence-electron chi connectivity index (χ0n) is 11.1. The van der Waals surface area contributed by atoms with E-state index in [1.165, 1.54) is 4.57 Å². The van der Waals surface area contributed by atoms with Gasteiger partial charge >= 0.3 is 0 Å². The molecule has 0 fully saturated rings. The van der Waals surface area contributed by atoms with Crippen molar-refractivity contribution in [2.24, 2.45) is 5.41 Å². The molecular weight excluding hydrogens is 341 g/mol. The second kappa shape index (κ2) is 5.45. The molecule has 0 aliphatic carbocycles. The van der Waals surface area contributed by atoms with Crippen LogP contribution in [0.4, 0.5) is 0 Å². The third-order valence-corrected chi connectivity index (χ3v) is 3.79. The molecule has 0 aliphatic heterocycles. The summed E-state index contributed by atoms with van der Waals surface area (Å²) in [6.45, 7) is 7.81. The van der Waals surface area contributed by atoms with Crippen LogP contribution in [0.1, 0.15) is 38.0 Å². The molecule has 1 atom stereocenters. The highest BCUT2D eigenvalue weighted by Gasteiger charge is 2.27. The first-order chi connectivity index (χ1) is 8.20. The molecule has 1 aromatic rings. The van der Waals surface area contributed by atoms with E-state index in [9.17, 15) is 9.90 Å². The summed E-state index contributed by atoms with van der Waals surface area (Å²) in [6, 6.07) is 1.84. The predicted octanol–water partition coefficient (Wildman–Crippen LogP) is 2.47. The summed E-state index contributed by atoms with van der Waals surface area (Å²) in [7, 11) is 0. The topological polar surface area (TPSA) is 42.2 Å². The largest absolute Gasteiger partial charge is 0.388 e. The number of aromatic nitrogens is 1. The molecule has 4 heteroatoms. The van der Waals surface area contributed by atoms with Gasteiger partial charge in [-0.15, -0.1) is 6.42 Å². The molecule has 0 amide bonds. The second-order valence-electron chi connectivity index (χ2n) is 5.41. The minimum Gasteiger partial charge on any atom is -0.388 e. The number of aliphatic hydroxyl groups excluding tert-OH is 1. The highest BCUT2D eigenvalue weighted by Crippen LogP contribution is 2.33. The zero-order valence-corrected chi connectivity index (χ0v) is 13.3. The molecule has 0 aliphatic rings. The molecule has 1 N–H and O–H groups in total. The van der Waals surface area contributed by atoms with Crippen LogP contribution in [-0.2, 0) is 6.54 Å². The summed E-state index contributed by atoms with van der Waals surface area (Å²) >= 11 is 2.07. The van der Waals surface area contributed by atoms with Crippen molar-refractivity contribution in [3.05, 3.63) is 31.2 Å². The van der Waals surface area contributed by atoms with Gasteiger partial charge in [-0.05, 0) is 46.6 Å². The molecule has 3 nitrogen and oxygen atoms in total. The lowest BCUT2D eigenvalue weighted by Gasteiger charge is -2.27. The van der Waals surface area contributed by atoms with Crippen LogP contribution in [0.15, 0.2) is 10.9 Å². The van der Waals surface area contributed by atoms with Crippen molar-refractivity contribution < 1.29 is 5.11 Å². The van der Waals surface area contributed by atoms with Gasteiger partial charge in [0, 0.05) is 5.56 Å². The van der Waals surface area contributed by atoms with Crippen LogP contribution >= 0.6 is 22.6 Å². The molecule has 0 bridgehead atoms. The summed E-state index contributed by atoms with van der Waals surface area (Å²) < 4.78 is 2.29. The van der Waals surface area contributed by atoms with Crippen molar-refractivity contribution in [2.75, 3.05) is 0 Å². The van der Waals surface area contributed by atoms with Gasteiger partial charge in [-0.3, -0.25) is 9.36 Å². The Morgan fingerprint density at radius 3 is 2.56 bits per heavy atom. The average molecular weight is 359 g/mol. The number of terminal acetylenes is 1. The zero-order chi connectivity index (χ0) is 14.1. The molecule has 1 unspecified atom stereocenters. The predicted molar refractivity (Wildman–Crippen MR) is 81.4 cm³/mol. The number of aliphatic hydroxyl groups is 1. The fraction of sp³-hybridized carbons (Fsp3) is 0.500. The standard InChI is InChI=1S/C14H18INO2/c1-6-7-16-11(15)8-10(9(2)13(16)18)12(17)14(3,4)5/h1,8,12,17H,7H2,2-5H3. The molecule has 1 heterocycles. The van der Waals surface area contributed by atoms with E-state index in [2.05, 4.69) is 28.5 Å². The van der Waals surface area contributed by atoms with Gasteiger partial charge in [0.2, 0.25) is 0 Å². The number of rotatable bonds is 2. The second-order valence-corrected chi connectivity index (χ2v) is 6.52. The minimum absolute atomic E-state index is 0.127. The van der Waals surface area contributed by atoms with E-state index in [1.54, 1.807) is 6.92 Å². The molecule has 0 aromatic carbocycles. The van der Waals surface area contributed by atoms with Crippen LogP contribution in [0.2, 0.25) is 0 Å². The third-order valence-electron chi connectivity index (χ3n) is 2.90. The number of hydrogen-bond donors (Lipinski definition) is 1. The summed E-state index contributed by atoms with van der Waals surface area (Å²) in [5, 5.41) is 10.3. The van der Waals surface area contributed by atoms with Crippen LogP contribution < -0.4 is 5.56 Å². The molecule has 98 valence electrons. The molecule has 1 rings (SSSR count). The Hall–Kier alpha value is -0.800. The van der Waals surface area contributed by atoms with Crippen molar-refractivity contribution in [2.45, 2.75) is 40.3 Å². The molecule has 18 heavy (non-hydrogen) atoms. The van der Waals surface area contributed by atoms with Crippen LogP contribution in [0.25, 0.3) is 0 Å². The van der Waals surface area contributed by atoms with E-state index in [0.717, 1.165) is 3.70 Å². The maximum Gasteiger partial charge on any atom is 0.255 e.